The summed E-state index contributed by atoms with van der Waals surface area (Å²) < 4.78 is 8.97. The van der Waals surface area contributed by atoms with Crippen LogP contribution in [0.15, 0.2) is 126 Å². The van der Waals surface area contributed by atoms with Gasteiger partial charge >= 0.3 is 0 Å². The first-order valence-electron chi connectivity index (χ1n) is 23.3. The summed E-state index contributed by atoms with van der Waals surface area (Å²) in [6.07, 6.45) is 3.99. The molecule has 5 aromatic heterocycles. The number of hydrogen-bond acceptors (Lipinski definition) is 5. The molecule has 67 heavy (non-hydrogen) atoms. The molecule has 0 N–H and O–H groups in total. The Kier molecular flexibility index (Phi) is 12.8. The molecule has 0 saturated carbocycles. The average molecular weight is 1080 g/mol. The fraction of sp³-hybridized carbons (Fsp3) is 0.288. The standard InChI is InChI=1S/C41H37N4O.C18H24NSi.Ir/c1-23(2)36-28-15-10-8-13-26(28)27-14-9-11-16-29(27)37(36)45-35-22-42-24(3)21-34(35)43-39(45)32-18-12-17-30-31-19-20-33(25(4)41(5,6)7)44-40(31)46-38(30)32;1-18(2,3)15-9-7-8-14(12-15)17-11-10-16(13-19-17)20(4,5)6;/h8-17,19-23,25H,1-7H3;7,9-13H,1-6H3;/q2*-1;. The molecule has 10 aromatic rings. The quantitative estimate of drug-likeness (QED) is 0.0943. The van der Waals surface area contributed by atoms with Crippen LogP contribution in [0.1, 0.15) is 96.7 Å². The van der Waals surface area contributed by atoms with Crippen molar-refractivity contribution in [3.63, 3.8) is 0 Å². The molecule has 0 aliphatic heterocycles. The molecule has 0 aliphatic rings. The Morgan fingerprint density at radius 3 is 1.99 bits per heavy atom. The predicted molar refractivity (Wildman–Crippen MR) is 280 cm³/mol. The van der Waals surface area contributed by atoms with Crippen molar-refractivity contribution < 1.29 is 24.5 Å². The third kappa shape index (κ3) is 9.04. The fourth-order valence-electron chi connectivity index (χ4n) is 9.01. The zero-order chi connectivity index (χ0) is 46.9. The molecule has 0 bridgehead atoms. The molecule has 1 radical (unpaired) electrons. The summed E-state index contributed by atoms with van der Waals surface area (Å²) in [6, 6.07) is 45.4. The van der Waals surface area contributed by atoms with Gasteiger partial charge in [0.1, 0.15) is 0 Å². The number of aryl methyl sites for hydroxylation is 1. The van der Waals surface area contributed by atoms with Crippen molar-refractivity contribution in [3.05, 3.63) is 156 Å². The maximum Gasteiger partial charge on any atom is 0.216 e. The van der Waals surface area contributed by atoms with E-state index in [9.17, 15) is 0 Å². The van der Waals surface area contributed by atoms with Crippen LogP contribution in [0.4, 0.5) is 0 Å². The minimum atomic E-state index is -1.27. The molecule has 1 atom stereocenters. The second-order valence-electron chi connectivity index (χ2n) is 21.4. The summed E-state index contributed by atoms with van der Waals surface area (Å²) in [5.74, 6) is 1.29. The average Bonchev–Trinajstić information content (AvgIpc) is 3.85. The van der Waals surface area contributed by atoms with Crippen LogP contribution in [-0.2, 0) is 25.5 Å². The van der Waals surface area contributed by atoms with Gasteiger partial charge in [-0.2, -0.15) is 0 Å². The molecular weight excluding hydrogens is 1010 g/mol. The number of furan rings is 1. The van der Waals surface area contributed by atoms with Crippen molar-refractivity contribution in [1.29, 1.82) is 0 Å². The van der Waals surface area contributed by atoms with Crippen LogP contribution < -0.4 is 5.19 Å². The second-order valence-corrected chi connectivity index (χ2v) is 26.5. The molecule has 0 amide bonds. The molecular formula is C59H61IrN5OSi-2. The summed E-state index contributed by atoms with van der Waals surface area (Å²) >= 11 is 0. The van der Waals surface area contributed by atoms with Crippen molar-refractivity contribution in [1.82, 2.24) is 24.5 Å². The van der Waals surface area contributed by atoms with E-state index < -0.39 is 8.07 Å². The number of nitrogens with zero attached hydrogens (tertiary/aromatic N) is 5. The van der Waals surface area contributed by atoms with Gasteiger partial charge in [-0.25, -0.2) is 4.98 Å². The molecule has 10 rings (SSSR count). The summed E-state index contributed by atoms with van der Waals surface area (Å²) in [5, 5.41) is 8.28. The molecule has 1 unspecified atom stereocenters. The normalized spacial score (nSPS) is 12.8. The van der Waals surface area contributed by atoms with Gasteiger partial charge in [-0.1, -0.05) is 154 Å². The maximum absolute atomic E-state index is 6.68. The molecule has 343 valence electrons. The molecule has 0 fully saturated rings. The van der Waals surface area contributed by atoms with Gasteiger partial charge in [-0.15, -0.1) is 53.6 Å². The van der Waals surface area contributed by atoms with E-state index in [1.165, 1.54) is 37.9 Å². The number of benzene rings is 5. The van der Waals surface area contributed by atoms with Crippen molar-refractivity contribution >= 4 is 67.9 Å². The topological polar surface area (TPSA) is 69.6 Å². The van der Waals surface area contributed by atoms with E-state index in [0.29, 0.717) is 5.71 Å². The van der Waals surface area contributed by atoms with Crippen molar-refractivity contribution in [2.24, 2.45) is 5.41 Å². The number of fused-ring (bicyclic) bond motifs is 7. The van der Waals surface area contributed by atoms with Gasteiger partial charge in [0.15, 0.2) is 0 Å². The third-order valence-electron chi connectivity index (χ3n) is 13.3. The molecule has 0 aliphatic carbocycles. The molecule has 0 spiro atoms. The first-order valence-corrected chi connectivity index (χ1v) is 26.8. The van der Waals surface area contributed by atoms with E-state index in [1.54, 1.807) is 0 Å². The number of aromatic nitrogens is 5. The van der Waals surface area contributed by atoms with Gasteiger partial charge in [-0.3, -0.25) is 9.97 Å². The first kappa shape index (κ1) is 47.7. The first-order chi connectivity index (χ1) is 31.3. The summed E-state index contributed by atoms with van der Waals surface area (Å²) in [4.78, 5) is 19.8. The molecule has 8 heteroatoms. The number of pyridine rings is 3. The van der Waals surface area contributed by atoms with Gasteiger partial charge in [0, 0.05) is 54.4 Å². The van der Waals surface area contributed by atoms with E-state index in [4.69, 9.17) is 19.4 Å². The van der Waals surface area contributed by atoms with Gasteiger partial charge in [-0.05, 0) is 74.5 Å². The van der Waals surface area contributed by atoms with Crippen LogP contribution in [-0.4, -0.2) is 32.6 Å². The number of rotatable bonds is 6. The van der Waals surface area contributed by atoms with Crippen LogP contribution in [0.25, 0.3) is 83.0 Å². The van der Waals surface area contributed by atoms with Crippen LogP contribution >= 0.6 is 0 Å². The van der Waals surface area contributed by atoms with Crippen LogP contribution in [0.3, 0.4) is 0 Å². The number of imidazole rings is 1. The largest absolute Gasteiger partial charge is 0.486 e. The Hall–Kier alpha value is -5.79. The van der Waals surface area contributed by atoms with Crippen molar-refractivity contribution in [3.8, 4) is 28.3 Å². The van der Waals surface area contributed by atoms with E-state index in [2.05, 4.69) is 201 Å². The van der Waals surface area contributed by atoms with Gasteiger partial charge in [0.2, 0.25) is 5.71 Å². The monoisotopic (exact) mass is 1080 g/mol. The van der Waals surface area contributed by atoms with Crippen LogP contribution in [0, 0.1) is 24.5 Å². The zero-order valence-corrected chi connectivity index (χ0v) is 44.6. The van der Waals surface area contributed by atoms with E-state index in [1.807, 2.05) is 31.5 Å². The number of hydrogen-bond donors (Lipinski definition) is 0. The maximum atomic E-state index is 6.68. The Balaban J connectivity index is 0.000000244. The molecule has 5 aromatic carbocycles. The molecule has 5 heterocycles. The van der Waals surface area contributed by atoms with Crippen LogP contribution in [0.2, 0.25) is 19.6 Å². The van der Waals surface area contributed by atoms with Gasteiger partial charge in [0.25, 0.3) is 0 Å². The van der Waals surface area contributed by atoms with E-state index >= 15 is 0 Å². The van der Waals surface area contributed by atoms with Gasteiger partial charge in [0.05, 0.1) is 42.4 Å². The van der Waals surface area contributed by atoms with Crippen molar-refractivity contribution in [2.75, 3.05) is 0 Å². The molecule has 6 nitrogen and oxygen atoms in total. The van der Waals surface area contributed by atoms with E-state index in [-0.39, 0.29) is 42.8 Å². The minimum Gasteiger partial charge on any atom is -0.486 e. The SMILES string of the molecule is CC(C)(C)c1cc[c-]c(-c2ccc([Si](C)(C)C)cn2)c1.Cc1cc2nc(-c3[c-]ccc4c3oc3nc(C(C)C(C)(C)C)ccc34)n(-c3c(C(C)C)c4ccccc4c4ccccc34)c2cn1.[Ir]. The summed E-state index contributed by atoms with van der Waals surface area (Å²) in [5.41, 5.74) is 12.0. The third-order valence-corrected chi connectivity index (χ3v) is 15.3. The minimum absolute atomic E-state index is 0. The summed E-state index contributed by atoms with van der Waals surface area (Å²) in [6.45, 7) is 29.3. The smallest absolute Gasteiger partial charge is 0.216 e. The van der Waals surface area contributed by atoms with Crippen molar-refractivity contribution in [2.45, 2.75) is 106 Å². The Morgan fingerprint density at radius 2 is 1.34 bits per heavy atom. The fourth-order valence-corrected chi connectivity index (χ4v) is 10.0. The molecule has 0 saturated heterocycles. The summed E-state index contributed by atoms with van der Waals surface area (Å²) in [7, 11) is -1.27. The zero-order valence-electron chi connectivity index (χ0n) is 41.2. The Labute approximate surface area is 410 Å². The van der Waals surface area contributed by atoms with E-state index in [0.717, 1.165) is 67.1 Å². The Bertz CT molecular complexity index is 3440. The van der Waals surface area contributed by atoms with Gasteiger partial charge < -0.3 is 14.0 Å². The predicted octanol–water partition coefficient (Wildman–Crippen LogP) is 15.5. The second kappa shape index (κ2) is 18.0. The Morgan fingerprint density at radius 1 is 0.672 bits per heavy atom. The van der Waals surface area contributed by atoms with Crippen LogP contribution in [0.5, 0.6) is 0 Å².